The van der Waals surface area contributed by atoms with Gasteiger partial charge in [0.25, 0.3) is 5.91 Å². The number of anilines is 1. The van der Waals surface area contributed by atoms with Crippen LogP contribution in [-0.4, -0.2) is 41.6 Å². The van der Waals surface area contributed by atoms with Crippen molar-refractivity contribution in [1.29, 1.82) is 0 Å². The average Bonchev–Trinajstić information content (AvgIpc) is 3.25. The normalized spacial score (nSPS) is 11.3. The number of amides is 1. The molecule has 5 N–H and O–H groups in total. The molecule has 0 aliphatic heterocycles. The molecule has 0 unspecified atom stereocenters. The summed E-state index contributed by atoms with van der Waals surface area (Å²) < 4.78 is 15.3. The van der Waals surface area contributed by atoms with Gasteiger partial charge in [0.2, 0.25) is 0 Å². The van der Waals surface area contributed by atoms with Crippen LogP contribution in [0.3, 0.4) is 0 Å². The number of nitrogens with one attached hydrogen (secondary N) is 1. The molecule has 0 bridgehead atoms. The zero-order valence-electron chi connectivity index (χ0n) is 18.8. The van der Waals surface area contributed by atoms with E-state index >= 15 is 0 Å². The van der Waals surface area contributed by atoms with Crippen molar-refractivity contribution in [2.24, 2.45) is 0 Å². The van der Waals surface area contributed by atoms with E-state index in [9.17, 15) is 9.59 Å². The van der Waals surface area contributed by atoms with E-state index in [1.54, 1.807) is 25.4 Å². The van der Waals surface area contributed by atoms with Crippen LogP contribution in [0.1, 0.15) is 17.5 Å². The summed E-state index contributed by atoms with van der Waals surface area (Å²) in [7, 11) is 3.15. The number of aromatic nitrogens is 1. The lowest BCUT2D eigenvalue weighted by molar-refractivity contribution is -0.401. The molecule has 0 saturated heterocycles. The molecule has 0 aliphatic carbocycles. The van der Waals surface area contributed by atoms with E-state index in [-0.39, 0.29) is 18.8 Å². The number of carbonyl (C=O) groups excluding carboxylic acids is 1. The minimum absolute atomic E-state index is 0. The molecule has 176 valence electrons. The first-order valence-electron chi connectivity index (χ1n) is 9.89. The van der Waals surface area contributed by atoms with E-state index in [1.165, 1.54) is 18.6 Å². The number of benzene rings is 2. The van der Waals surface area contributed by atoms with Gasteiger partial charge in [-0.05, 0) is 65.8 Å². The zero-order chi connectivity index (χ0) is 23.4. The van der Waals surface area contributed by atoms with E-state index < -0.39 is 17.9 Å². The van der Waals surface area contributed by atoms with Gasteiger partial charge < -0.3 is 38.0 Å². The quantitative estimate of drug-likeness (QED) is 0.411. The molecule has 33 heavy (non-hydrogen) atoms. The molecular formula is C23H26ClN3O5S. The lowest BCUT2D eigenvalue weighted by Crippen LogP contribution is -3.00. The summed E-state index contributed by atoms with van der Waals surface area (Å²) in [5.41, 5.74) is 8.99. The van der Waals surface area contributed by atoms with E-state index in [0.717, 1.165) is 38.4 Å². The fourth-order valence-electron chi connectivity index (χ4n) is 3.33. The molecule has 0 spiro atoms. The number of carboxylic acid groups (broad SMARTS) is 1. The number of rotatable bonds is 8. The topological polar surface area (TPSA) is 125 Å². The van der Waals surface area contributed by atoms with Crippen molar-refractivity contribution < 1.29 is 42.3 Å². The fraction of sp³-hybridized carbons (Fsp3) is 0.261. The molecule has 0 aliphatic rings. The minimum Gasteiger partial charge on any atom is -1.00 e. The van der Waals surface area contributed by atoms with E-state index in [2.05, 4.69) is 21.5 Å². The van der Waals surface area contributed by atoms with Gasteiger partial charge in [-0.15, -0.1) is 0 Å². The van der Waals surface area contributed by atoms with E-state index in [4.69, 9.17) is 14.6 Å². The molecule has 2 aromatic carbocycles. The number of nitrogens with zero attached hydrogens (tertiary/aromatic N) is 1. The van der Waals surface area contributed by atoms with Crippen molar-refractivity contribution >= 4 is 29.1 Å². The Morgan fingerprint density at radius 1 is 1.12 bits per heavy atom. The maximum absolute atomic E-state index is 12.4. The Balaban J connectivity index is 0.00000385. The summed E-state index contributed by atoms with van der Waals surface area (Å²) in [5, 5.41) is 11.7. The Morgan fingerprint density at radius 2 is 1.82 bits per heavy atom. The van der Waals surface area contributed by atoms with Crippen molar-refractivity contribution in [2.75, 3.05) is 19.5 Å². The minimum atomic E-state index is -1.08. The number of hydrogen-bond donors (Lipinski definition) is 3. The maximum atomic E-state index is 12.4. The summed E-state index contributed by atoms with van der Waals surface area (Å²) in [6.07, 6.45) is 1.42. The number of methoxy groups -OCH3 is 2. The molecule has 1 heterocycles. The second-order valence-corrected chi connectivity index (χ2v) is 8.19. The third-order valence-electron chi connectivity index (χ3n) is 5.23. The van der Waals surface area contributed by atoms with Crippen LogP contribution in [0.5, 0.6) is 11.5 Å². The molecule has 3 aromatic rings. The lowest BCUT2D eigenvalue weighted by atomic mass is 9.99. The highest BCUT2D eigenvalue weighted by Gasteiger charge is 2.22. The van der Waals surface area contributed by atoms with E-state index in [0.29, 0.717) is 11.4 Å². The highest BCUT2D eigenvalue weighted by molar-refractivity contribution is 7.10. The maximum Gasteiger partial charge on any atom is 0.309 e. The first-order chi connectivity index (χ1) is 15.2. The number of quaternary nitrogens is 1. The number of ether oxygens (including phenoxy) is 2. The SMILES string of the molecule is COc1ccc(-c2cnsc2-c2cc(C)c(C)c(OC)c2)cc1NC(=O)[C@@H]([NH3+])CC(=O)O.[Cl-]. The first kappa shape index (κ1) is 26.1. The van der Waals surface area contributed by atoms with Gasteiger partial charge in [-0.25, -0.2) is 0 Å². The molecule has 1 aromatic heterocycles. The van der Waals surface area contributed by atoms with Crippen LogP contribution < -0.4 is 32.9 Å². The first-order valence-corrected chi connectivity index (χ1v) is 10.7. The van der Waals surface area contributed by atoms with Gasteiger partial charge in [-0.2, -0.15) is 4.37 Å². The van der Waals surface area contributed by atoms with Gasteiger partial charge in [0.05, 0.1) is 24.8 Å². The third-order valence-corrected chi connectivity index (χ3v) is 6.08. The summed E-state index contributed by atoms with van der Waals surface area (Å²) in [6, 6.07) is 8.59. The number of aryl methyl sites for hydroxylation is 1. The Labute approximate surface area is 202 Å². The highest BCUT2D eigenvalue weighted by atomic mass is 35.5. The summed E-state index contributed by atoms with van der Waals surface area (Å²) in [6.45, 7) is 4.06. The predicted molar refractivity (Wildman–Crippen MR) is 123 cm³/mol. The molecular weight excluding hydrogens is 466 g/mol. The molecule has 3 rings (SSSR count). The summed E-state index contributed by atoms with van der Waals surface area (Å²) in [5.74, 6) is -0.312. The third kappa shape index (κ3) is 5.81. The van der Waals surface area contributed by atoms with Gasteiger partial charge in [-0.3, -0.25) is 9.59 Å². The van der Waals surface area contributed by atoms with Crippen molar-refractivity contribution in [3.8, 4) is 33.1 Å². The van der Waals surface area contributed by atoms with E-state index in [1.807, 2.05) is 26.0 Å². The van der Waals surface area contributed by atoms with Crippen LogP contribution in [0.15, 0.2) is 36.5 Å². The molecule has 8 nitrogen and oxygen atoms in total. The molecule has 1 atom stereocenters. The number of halogens is 1. The van der Waals surface area contributed by atoms with Crippen LogP contribution in [0.2, 0.25) is 0 Å². The molecule has 0 fully saturated rings. The Kier molecular flexibility index (Phi) is 8.81. The fourth-order valence-corrected chi connectivity index (χ4v) is 4.09. The van der Waals surface area contributed by atoms with Crippen molar-refractivity contribution in [1.82, 2.24) is 4.37 Å². The lowest BCUT2D eigenvalue weighted by Gasteiger charge is -2.14. The number of hydrogen-bond acceptors (Lipinski definition) is 6. The van der Waals surface area contributed by atoms with Gasteiger partial charge in [0.15, 0.2) is 6.04 Å². The molecule has 0 radical (unpaired) electrons. The molecule has 0 saturated carbocycles. The van der Waals surface area contributed by atoms with Gasteiger partial charge >= 0.3 is 5.97 Å². The predicted octanol–water partition coefficient (Wildman–Crippen LogP) is 0.139. The van der Waals surface area contributed by atoms with Crippen LogP contribution >= 0.6 is 11.5 Å². The zero-order valence-corrected chi connectivity index (χ0v) is 20.3. The molecule has 1 amide bonds. The van der Waals surface area contributed by atoms with Crippen LogP contribution in [-0.2, 0) is 9.59 Å². The van der Waals surface area contributed by atoms with Crippen LogP contribution in [0.4, 0.5) is 5.69 Å². The number of carboxylic acids is 1. The van der Waals surface area contributed by atoms with Crippen molar-refractivity contribution in [2.45, 2.75) is 26.3 Å². The van der Waals surface area contributed by atoms with Gasteiger partial charge in [-0.1, -0.05) is 12.1 Å². The van der Waals surface area contributed by atoms with Gasteiger partial charge in [0, 0.05) is 11.8 Å². The summed E-state index contributed by atoms with van der Waals surface area (Å²) >= 11 is 1.37. The second kappa shape index (κ2) is 11.1. The molecule has 10 heteroatoms. The number of aliphatic carboxylic acids is 1. The van der Waals surface area contributed by atoms with Crippen LogP contribution in [0, 0.1) is 13.8 Å². The summed E-state index contributed by atoms with van der Waals surface area (Å²) in [4.78, 5) is 24.3. The Bertz CT molecular complexity index is 1160. The van der Waals surface area contributed by atoms with Crippen LogP contribution in [0.25, 0.3) is 21.6 Å². The Morgan fingerprint density at radius 3 is 2.45 bits per heavy atom. The second-order valence-electron chi connectivity index (χ2n) is 7.39. The average molecular weight is 492 g/mol. The van der Waals surface area contributed by atoms with Crippen molar-refractivity contribution in [3.63, 3.8) is 0 Å². The largest absolute Gasteiger partial charge is 1.00 e. The number of carbonyl (C=O) groups is 2. The standard InChI is InChI=1S/C23H25N3O5S.ClH/c1-12-7-15(9-20(31-4)13(12)2)22-16(11-25-32-22)14-5-6-19(30-3)18(8-14)26-23(29)17(24)10-21(27)28;/h5-9,11,17H,10,24H2,1-4H3,(H,26,29)(H,27,28);1H/t17-;/m0./s1. The monoisotopic (exact) mass is 491 g/mol. The Hall–Kier alpha value is -3.14. The van der Waals surface area contributed by atoms with Crippen molar-refractivity contribution in [3.05, 3.63) is 47.7 Å². The highest BCUT2D eigenvalue weighted by Crippen LogP contribution is 2.40. The van der Waals surface area contributed by atoms with Gasteiger partial charge in [0.1, 0.15) is 17.9 Å². The smallest absolute Gasteiger partial charge is 0.309 e.